The summed E-state index contributed by atoms with van der Waals surface area (Å²) in [6.07, 6.45) is 6.00. The Bertz CT molecular complexity index is 323. The van der Waals surface area contributed by atoms with Gasteiger partial charge >= 0.3 is 0 Å². The Kier molecular flexibility index (Phi) is 4.57. The van der Waals surface area contributed by atoms with Crippen LogP contribution in [0, 0.1) is 0 Å². The number of nitrogens with two attached hydrogens (primary N) is 1. The van der Waals surface area contributed by atoms with E-state index in [1.165, 1.54) is 24.8 Å². The lowest BCUT2D eigenvalue weighted by atomic mass is 9.90. The Morgan fingerprint density at radius 2 is 2.06 bits per heavy atom. The van der Waals surface area contributed by atoms with Gasteiger partial charge < -0.3 is 11.1 Å². The van der Waals surface area contributed by atoms with Gasteiger partial charge in [0.15, 0.2) is 0 Å². The monoisotopic (exact) mass is 232 g/mol. The van der Waals surface area contributed by atoms with Crippen molar-refractivity contribution in [3.63, 3.8) is 0 Å². The van der Waals surface area contributed by atoms with Crippen molar-refractivity contribution in [3.8, 4) is 0 Å². The number of benzene rings is 1. The molecule has 0 aromatic heterocycles. The number of nitrogens with one attached hydrogen (secondary N) is 1. The zero-order valence-corrected chi connectivity index (χ0v) is 10.7. The first-order valence-electron chi connectivity index (χ1n) is 6.86. The molecule has 94 valence electrons. The topological polar surface area (TPSA) is 38.0 Å². The van der Waals surface area contributed by atoms with E-state index in [2.05, 4.69) is 42.6 Å². The molecule has 3 unspecified atom stereocenters. The number of hydrogen-bond acceptors (Lipinski definition) is 2. The molecule has 0 aliphatic heterocycles. The van der Waals surface area contributed by atoms with Crippen molar-refractivity contribution >= 4 is 0 Å². The molecule has 2 rings (SSSR count). The first kappa shape index (κ1) is 12.6. The number of hydrogen-bond donors (Lipinski definition) is 2. The van der Waals surface area contributed by atoms with Crippen LogP contribution in [0.5, 0.6) is 0 Å². The highest BCUT2D eigenvalue weighted by atomic mass is 15.0. The highest BCUT2D eigenvalue weighted by molar-refractivity contribution is 5.18. The summed E-state index contributed by atoms with van der Waals surface area (Å²) in [5, 5.41) is 3.77. The van der Waals surface area contributed by atoms with Crippen LogP contribution in [0.15, 0.2) is 30.3 Å². The fourth-order valence-electron chi connectivity index (χ4n) is 2.80. The molecule has 1 aliphatic carbocycles. The van der Waals surface area contributed by atoms with Gasteiger partial charge in [0.05, 0.1) is 0 Å². The molecule has 0 heterocycles. The van der Waals surface area contributed by atoms with Crippen LogP contribution in [0.1, 0.15) is 50.6 Å². The highest BCUT2D eigenvalue weighted by Crippen LogP contribution is 2.22. The van der Waals surface area contributed by atoms with Gasteiger partial charge in [0.25, 0.3) is 0 Å². The second-order valence-electron chi connectivity index (χ2n) is 5.16. The molecular weight excluding hydrogens is 208 g/mol. The molecule has 3 atom stereocenters. The quantitative estimate of drug-likeness (QED) is 0.837. The van der Waals surface area contributed by atoms with E-state index in [9.17, 15) is 0 Å². The fourth-order valence-corrected chi connectivity index (χ4v) is 2.80. The van der Waals surface area contributed by atoms with Gasteiger partial charge in [0.1, 0.15) is 0 Å². The van der Waals surface area contributed by atoms with Crippen molar-refractivity contribution in [1.29, 1.82) is 0 Å². The Balaban J connectivity index is 1.95. The Morgan fingerprint density at radius 1 is 1.29 bits per heavy atom. The van der Waals surface area contributed by atoms with Crippen LogP contribution in [-0.2, 0) is 0 Å². The molecule has 0 saturated heterocycles. The zero-order chi connectivity index (χ0) is 12.1. The van der Waals surface area contributed by atoms with E-state index in [0.717, 1.165) is 12.8 Å². The molecule has 2 heteroatoms. The largest absolute Gasteiger partial charge is 0.328 e. The lowest BCUT2D eigenvalue weighted by molar-refractivity contribution is 0.309. The van der Waals surface area contributed by atoms with E-state index < -0.39 is 0 Å². The molecule has 0 bridgehead atoms. The van der Waals surface area contributed by atoms with Gasteiger partial charge in [-0.25, -0.2) is 0 Å². The third-order valence-corrected chi connectivity index (χ3v) is 3.76. The van der Waals surface area contributed by atoms with Gasteiger partial charge in [0, 0.05) is 18.1 Å². The van der Waals surface area contributed by atoms with Crippen molar-refractivity contribution in [2.45, 2.75) is 57.2 Å². The smallest absolute Gasteiger partial charge is 0.0320 e. The molecule has 0 spiro atoms. The maximum atomic E-state index is 6.04. The normalized spacial score (nSPS) is 26.7. The molecule has 17 heavy (non-hydrogen) atoms. The van der Waals surface area contributed by atoms with Crippen LogP contribution in [0.25, 0.3) is 0 Å². The summed E-state index contributed by atoms with van der Waals surface area (Å²) in [5.74, 6) is 0. The van der Waals surface area contributed by atoms with Gasteiger partial charge in [-0.1, -0.05) is 43.7 Å². The molecule has 1 aliphatic rings. The summed E-state index contributed by atoms with van der Waals surface area (Å²) in [4.78, 5) is 0. The summed E-state index contributed by atoms with van der Waals surface area (Å²) in [6, 6.07) is 12.2. The van der Waals surface area contributed by atoms with Gasteiger partial charge in [0.2, 0.25) is 0 Å². The van der Waals surface area contributed by atoms with Gasteiger partial charge in [-0.2, -0.15) is 0 Å². The first-order valence-corrected chi connectivity index (χ1v) is 6.86. The van der Waals surface area contributed by atoms with Crippen molar-refractivity contribution in [1.82, 2.24) is 5.32 Å². The summed E-state index contributed by atoms with van der Waals surface area (Å²) in [6.45, 7) is 2.24. The Hall–Kier alpha value is -0.860. The molecule has 0 amide bonds. The molecule has 1 aromatic carbocycles. The molecule has 0 radical (unpaired) electrons. The van der Waals surface area contributed by atoms with E-state index in [0.29, 0.717) is 18.1 Å². The minimum absolute atomic E-state index is 0.398. The minimum Gasteiger partial charge on any atom is -0.328 e. The van der Waals surface area contributed by atoms with Crippen molar-refractivity contribution in [2.75, 3.05) is 0 Å². The van der Waals surface area contributed by atoms with Crippen molar-refractivity contribution in [3.05, 3.63) is 35.9 Å². The van der Waals surface area contributed by atoms with Crippen LogP contribution < -0.4 is 11.1 Å². The van der Waals surface area contributed by atoms with Crippen LogP contribution in [-0.4, -0.2) is 12.1 Å². The van der Waals surface area contributed by atoms with Crippen LogP contribution in [0.2, 0.25) is 0 Å². The molecule has 3 N–H and O–H groups in total. The summed E-state index contributed by atoms with van der Waals surface area (Å²) in [5.41, 5.74) is 7.44. The maximum Gasteiger partial charge on any atom is 0.0320 e. The van der Waals surface area contributed by atoms with Gasteiger partial charge in [-0.15, -0.1) is 0 Å². The van der Waals surface area contributed by atoms with E-state index in [1.54, 1.807) is 0 Å². The van der Waals surface area contributed by atoms with E-state index >= 15 is 0 Å². The van der Waals surface area contributed by atoms with Crippen molar-refractivity contribution < 1.29 is 0 Å². The summed E-state index contributed by atoms with van der Waals surface area (Å²) in [7, 11) is 0. The second kappa shape index (κ2) is 6.18. The van der Waals surface area contributed by atoms with E-state index in [4.69, 9.17) is 5.73 Å². The Labute approximate surface area is 105 Å². The molecule has 1 fully saturated rings. The SMILES string of the molecule is CCC(NC1CCCC(N)C1)c1ccccc1. The van der Waals surface area contributed by atoms with Gasteiger partial charge in [-0.05, 0) is 31.2 Å². The average Bonchev–Trinajstić information content (AvgIpc) is 2.37. The highest BCUT2D eigenvalue weighted by Gasteiger charge is 2.21. The Morgan fingerprint density at radius 3 is 2.71 bits per heavy atom. The maximum absolute atomic E-state index is 6.04. The lowest BCUT2D eigenvalue weighted by Crippen LogP contribution is -2.40. The molecular formula is C15H24N2. The number of rotatable bonds is 4. The minimum atomic E-state index is 0.398. The first-order chi connectivity index (χ1) is 8.29. The van der Waals surface area contributed by atoms with Crippen molar-refractivity contribution in [2.24, 2.45) is 5.73 Å². The average molecular weight is 232 g/mol. The van der Waals surface area contributed by atoms with Crippen LogP contribution in [0.3, 0.4) is 0 Å². The second-order valence-corrected chi connectivity index (χ2v) is 5.16. The zero-order valence-electron chi connectivity index (χ0n) is 10.7. The summed E-state index contributed by atoms with van der Waals surface area (Å²) < 4.78 is 0. The third kappa shape index (κ3) is 3.55. The van der Waals surface area contributed by atoms with E-state index in [-0.39, 0.29) is 0 Å². The predicted molar refractivity (Wildman–Crippen MR) is 72.8 cm³/mol. The molecule has 1 saturated carbocycles. The lowest BCUT2D eigenvalue weighted by Gasteiger charge is -2.31. The molecule has 2 nitrogen and oxygen atoms in total. The standard InChI is InChI=1S/C15H24N2/c1-2-15(12-7-4-3-5-8-12)17-14-10-6-9-13(16)11-14/h3-5,7-8,13-15,17H,2,6,9-11,16H2,1H3. The molecule has 1 aromatic rings. The van der Waals surface area contributed by atoms with E-state index in [1.807, 2.05) is 0 Å². The predicted octanol–water partition coefficient (Wildman–Crippen LogP) is 3.00. The van der Waals surface area contributed by atoms with Crippen LogP contribution in [0.4, 0.5) is 0 Å². The third-order valence-electron chi connectivity index (χ3n) is 3.76. The fraction of sp³-hybridized carbons (Fsp3) is 0.600. The van der Waals surface area contributed by atoms with Gasteiger partial charge in [-0.3, -0.25) is 0 Å². The van der Waals surface area contributed by atoms with Crippen LogP contribution >= 0.6 is 0 Å². The summed E-state index contributed by atoms with van der Waals surface area (Å²) >= 11 is 0.